The second-order valence-electron chi connectivity index (χ2n) is 4.21. The smallest absolute Gasteiger partial charge is 0.300 e. The summed E-state index contributed by atoms with van der Waals surface area (Å²) in [5, 5.41) is 0. The standard InChI is InChI=1S/C13H11FN2O3/c14-9-1-3-10(4-2-9)18-8-11-7-16-6-5-12(17)15-13(16)19-11/h1-6,11H,7-8H2. The van der Waals surface area contributed by atoms with Crippen LogP contribution in [0.3, 0.4) is 0 Å². The van der Waals surface area contributed by atoms with Crippen LogP contribution >= 0.6 is 0 Å². The van der Waals surface area contributed by atoms with Gasteiger partial charge in [-0.05, 0) is 24.3 Å². The van der Waals surface area contributed by atoms with Crippen molar-refractivity contribution in [2.24, 2.45) is 0 Å². The summed E-state index contributed by atoms with van der Waals surface area (Å²) in [6, 6.07) is 7.46. The van der Waals surface area contributed by atoms with Crippen molar-refractivity contribution in [1.29, 1.82) is 0 Å². The minimum absolute atomic E-state index is 0.209. The van der Waals surface area contributed by atoms with Crippen molar-refractivity contribution in [2.75, 3.05) is 6.61 Å². The first-order valence-electron chi connectivity index (χ1n) is 5.83. The van der Waals surface area contributed by atoms with E-state index in [-0.39, 0.29) is 17.5 Å². The number of nitrogens with zero attached hydrogens (tertiary/aromatic N) is 2. The van der Waals surface area contributed by atoms with Crippen molar-refractivity contribution in [1.82, 2.24) is 9.55 Å². The maximum absolute atomic E-state index is 12.7. The van der Waals surface area contributed by atoms with Crippen LogP contribution in [0.4, 0.5) is 4.39 Å². The molecule has 0 saturated carbocycles. The fourth-order valence-electron chi connectivity index (χ4n) is 1.86. The highest BCUT2D eigenvalue weighted by atomic mass is 19.1. The molecule has 1 aliphatic heterocycles. The Hall–Kier alpha value is -2.37. The lowest BCUT2D eigenvalue weighted by molar-refractivity contribution is 0.143. The predicted molar refractivity (Wildman–Crippen MR) is 64.8 cm³/mol. The summed E-state index contributed by atoms with van der Waals surface area (Å²) in [6.07, 6.45) is 1.43. The van der Waals surface area contributed by atoms with Gasteiger partial charge in [0.25, 0.3) is 11.6 Å². The first-order chi connectivity index (χ1) is 9.20. The van der Waals surface area contributed by atoms with Gasteiger partial charge >= 0.3 is 0 Å². The lowest BCUT2D eigenvalue weighted by Gasteiger charge is -2.10. The van der Waals surface area contributed by atoms with Gasteiger partial charge in [-0.15, -0.1) is 0 Å². The summed E-state index contributed by atoms with van der Waals surface area (Å²) in [5.74, 6) is 0.267. The molecule has 2 aromatic rings. The lowest BCUT2D eigenvalue weighted by atomic mass is 10.3. The van der Waals surface area contributed by atoms with Gasteiger partial charge in [-0.1, -0.05) is 0 Å². The second-order valence-corrected chi connectivity index (χ2v) is 4.21. The van der Waals surface area contributed by atoms with Gasteiger partial charge in [-0.3, -0.25) is 9.36 Å². The molecule has 1 unspecified atom stereocenters. The molecule has 0 saturated heterocycles. The Kier molecular flexibility index (Phi) is 2.91. The molecule has 19 heavy (non-hydrogen) atoms. The molecule has 6 heteroatoms. The normalized spacial score (nSPS) is 16.8. The summed E-state index contributed by atoms with van der Waals surface area (Å²) in [5.41, 5.74) is -0.327. The highest BCUT2D eigenvalue weighted by molar-refractivity contribution is 5.22. The monoisotopic (exact) mass is 262 g/mol. The summed E-state index contributed by atoms with van der Waals surface area (Å²) in [7, 11) is 0. The van der Waals surface area contributed by atoms with Crippen LogP contribution in [-0.2, 0) is 6.54 Å². The van der Waals surface area contributed by atoms with Crippen LogP contribution in [0.25, 0.3) is 0 Å². The van der Waals surface area contributed by atoms with Crippen molar-refractivity contribution in [3.05, 3.63) is 52.7 Å². The molecule has 0 bridgehead atoms. The third-order valence-electron chi connectivity index (χ3n) is 2.77. The van der Waals surface area contributed by atoms with Crippen molar-refractivity contribution < 1.29 is 13.9 Å². The van der Waals surface area contributed by atoms with E-state index in [2.05, 4.69) is 4.98 Å². The van der Waals surface area contributed by atoms with Gasteiger partial charge in [-0.2, -0.15) is 4.98 Å². The number of ether oxygens (including phenoxy) is 2. The van der Waals surface area contributed by atoms with Crippen molar-refractivity contribution in [2.45, 2.75) is 12.6 Å². The van der Waals surface area contributed by atoms with Gasteiger partial charge in [0.1, 0.15) is 18.2 Å². The lowest BCUT2D eigenvalue weighted by Crippen LogP contribution is -2.23. The number of benzene rings is 1. The molecule has 1 aliphatic rings. The molecule has 0 aliphatic carbocycles. The zero-order valence-electron chi connectivity index (χ0n) is 9.95. The number of fused-ring (bicyclic) bond motifs is 1. The SMILES string of the molecule is O=c1ccn2c(n1)OC(COc1ccc(F)cc1)C2. The minimum Gasteiger partial charge on any atom is -0.490 e. The van der Waals surface area contributed by atoms with Crippen LogP contribution in [0.1, 0.15) is 0 Å². The van der Waals surface area contributed by atoms with Crippen LogP contribution in [0.15, 0.2) is 41.3 Å². The van der Waals surface area contributed by atoms with Crippen molar-refractivity contribution in [3.63, 3.8) is 0 Å². The van der Waals surface area contributed by atoms with E-state index in [1.807, 2.05) is 0 Å². The van der Waals surface area contributed by atoms with Crippen molar-refractivity contribution >= 4 is 0 Å². The fourth-order valence-corrected chi connectivity index (χ4v) is 1.86. The molecule has 0 amide bonds. The van der Waals surface area contributed by atoms with Gasteiger partial charge in [0.05, 0.1) is 6.54 Å². The second kappa shape index (κ2) is 4.72. The highest BCUT2D eigenvalue weighted by Gasteiger charge is 2.23. The van der Waals surface area contributed by atoms with E-state index in [4.69, 9.17) is 9.47 Å². The van der Waals surface area contributed by atoms with Gasteiger partial charge < -0.3 is 9.47 Å². The third kappa shape index (κ3) is 2.57. The minimum atomic E-state index is -0.327. The number of aromatic nitrogens is 2. The Morgan fingerprint density at radius 2 is 2.16 bits per heavy atom. The Labute approximate surface area is 108 Å². The van der Waals surface area contributed by atoms with Gasteiger partial charge in [0.2, 0.25) is 0 Å². The summed E-state index contributed by atoms with van der Waals surface area (Å²) >= 11 is 0. The molecule has 0 spiro atoms. The quantitative estimate of drug-likeness (QED) is 0.834. The topological polar surface area (TPSA) is 53.4 Å². The van der Waals surface area contributed by atoms with Gasteiger partial charge in [0.15, 0.2) is 6.10 Å². The molecule has 1 atom stereocenters. The molecule has 1 aromatic carbocycles. The van der Waals surface area contributed by atoms with Crippen LogP contribution in [0.2, 0.25) is 0 Å². The fraction of sp³-hybridized carbons (Fsp3) is 0.231. The van der Waals surface area contributed by atoms with E-state index >= 15 is 0 Å². The van der Waals surface area contributed by atoms with E-state index in [1.54, 1.807) is 22.9 Å². The van der Waals surface area contributed by atoms with Gasteiger partial charge in [-0.25, -0.2) is 4.39 Å². The molecule has 5 nitrogen and oxygen atoms in total. The molecular weight excluding hydrogens is 251 g/mol. The number of halogens is 1. The zero-order valence-corrected chi connectivity index (χ0v) is 9.95. The summed E-state index contributed by atoms with van der Waals surface area (Å²) in [6.45, 7) is 0.882. The molecular formula is C13H11FN2O3. The van der Waals surface area contributed by atoms with E-state index in [0.29, 0.717) is 24.9 Å². The third-order valence-corrected chi connectivity index (χ3v) is 2.77. The van der Waals surface area contributed by atoms with Crippen LogP contribution < -0.4 is 15.0 Å². The zero-order chi connectivity index (χ0) is 13.2. The molecule has 98 valence electrons. The highest BCUT2D eigenvalue weighted by Crippen LogP contribution is 2.18. The predicted octanol–water partition coefficient (Wildman–Crippen LogP) is 1.22. The van der Waals surface area contributed by atoms with Crippen LogP contribution in [0.5, 0.6) is 11.8 Å². The molecule has 3 rings (SSSR count). The number of hydrogen-bond donors (Lipinski definition) is 0. The first kappa shape index (κ1) is 11.7. The Bertz CT molecular complexity index is 639. The Balaban J connectivity index is 1.61. The Morgan fingerprint density at radius 1 is 1.37 bits per heavy atom. The number of hydrogen-bond acceptors (Lipinski definition) is 4. The largest absolute Gasteiger partial charge is 0.490 e. The van der Waals surface area contributed by atoms with E-state index < -0.39 is 0 Å². The first-order valence-corrected chi connectivity index (χ1v) is 5.83. The molecule has 1 aromatic heterocycles. The molecule has 0 fully saturated rings. The number of rotatable bonds is 3. The maximum Gasteiger partial charge on any atom is 0.300 e. The molecule has 2 heterocycles. The van der Waals surface area contributed by atoms with E-state index in [9.17, 15) is 9.18 Å². The van der Waals surface area contributed by atoms with E-state index in [1.165, 1.54) is 18.2 Å². The average molecular weight is 262 g/mol. The van der Waals surface area contributed by atoms with E-state index in [0.717, 1.165) is 0 Å². The van der Waals surface area contributed by atoms with Crippen LogP contribution in [-0.4, -0.2) is 22.3 Å². The average Bonchev–Trinajstić information content (AvgIpc) is 2.80. The molecule has 0 radical (unpaired) electrons. The summed E-state index contributed by atoms with van der Waals surface area (Å²) < 4.78 is 25.5. The molecule has 0 N–H and O–H groups in total. The Morgan fingerprint density at radius 3 is 2.95 bits per heavy atom. The summed E-state index contributed by atoms with van der Waals surface area (Å²) in [4.78, 5) is 14.8. The van der Waals surface area contributed by atoms with Crippen LogP contribution in [0, 0.1) is 5.82 Å². The van der Waals surface area contributed by atoms with Gasteiger partial charge in [0, 0.05) is 12.3 Å². The van der Waals surface area contributed by atoms with Crippen molar-refractivity contribution in [3.8, 4) is 11.8 Å². The maximum atomic E-state index is 12.7.